The summed E-state index contributed by atoms with van der Waals surface area (Å²) in [5, 5.41) is 2.69. The van der Waals surface area contributed by atoms with Gasteiger partial charge in [0, 0.05) is 12.3 Å². The van der Waals surface area contributed by atoms with Crippen LogP contribution in [0.2, 0.25) is 0 Å². The zero-order valence-corrected chi connectivity index (χ0v) is 16.5. The SMILES string of the molecule is CC(C)C(=O)N[C@H](Cc1ccc(B2OC(C)(C)C(C)(C)O2)cc1)C(N)=O. The van der Waals surface area contributed by atoms with Crippen molar-refractivity contribution in [1.29, 1.82) is 0 Å². The van der Waals surface area contributed by atoms with Gasteiger partial charge in [-0.15, -0.1) is 0 Å². The zero-order valence-electron chi connectivity index (χ0n) is 16.5. The van der Waals surface area contributed by atoms with E-state index in [0.717, 1.165) is 11.0 Å². The highest BCUT2D eigenvalue weighted by molar-refractivity contribution is 6.62. The molecule has 6 nitrogen and oxygen atoms in total. The molecule has 142 valence electrons. The van der Waals surface area contributed by atoms with Gasteiger partial charge in [0.15, 0.2) is 0 Å². The Labute approximate surface area is 156 Å². The summed E-state index contributed by atoms with van der Waals surface area (Å²) in [6, 6.07) is 6.91. The van der Waals surface area contributed by atoms with Crippen LogP contribution in [0.25, 0.3) is 0 Å². The average Bonchev–Trinajstić information content (AvgIpc) is 2.75. The van der Waals surface area contributed by atoms with E-state index in [0.29, 0.717) is 6.42 Å². The van der Waals surface area contributed by atoms with Crippen molar-refractivity contribution < 1.29 is 18.9 Å². The largest absolute Gasteiger partial charge is 0.494 e. The first kappa shape index (κ1) is 20.5. The fourth-order valence-corrected chi connectivity index (χ4v) is 2.59. The van der Waals surface area contributed by atoms with Gasteiger partial charge in [-0.2, -0.15) is 0 Å². The zero-order chi connectivity index (χ0) is 19.7. The van der Waals surface area contributed by atoms with Crippen LogP contribution in [0.3, 0.4) is 0 Å². The van der Waals surface area contributed by atoms with E-state index in [9.17, 15) is 9.59 Å². The monoisotopic (exact) mass is 360 g/mol. The van der Waals surface area contributed by atoms with Gasteiger partial charge in [-0.3, -0.25) is 9.59 Å². The number of primary amides is 1. The Morgan fingerprint density at radius 3 is 2.00 bits per heavy atom. The molecule has 1 aromatic rings. The molecule has 1 aliphatic heterocycles. The van der Waals surface area contributed by atoms with Crippen molar-refractivity contribution in [3.63, 3.8) is 0 Å². The van der Waals surface area contributed by atoms with Gasteiger partial charge >= 0.3 is 7.12 Å². The maximum Gasteiger partial charge on any atom is 0.494 e. The molecule has 0 aromatic heterocycles. The lowest BCUT2D eigenvalue weighted by molar-refractivity contribution is -0.129. The van der Waals surface area contributed by atoms with E-state index >= 15 is 0 Å². The molecular weight excluding hydrogens is 331 g/mol. The van der Waals surface area contributed by atoms with Crippen LogP contribution in [0.1, 0.15) is 47.1 Å². The number of hydrogen-bond donors (Lipinski definition) is 2. The van der Waals surface area contributed by atoms with Gasteiger partial charge in [0.25, 0.3) is 0 Å². The van der Waals surface area contributed by atoms with Crippen molar-refractivity contribution >= 4 is 24.4 Å². The number of carbonyl (C=O) groups excluding carboxylic acids is 2. The summed E-state index contributed by atoms with van der Waals surface area (Å²) in [5.41, 5.74) is 6.45. The van der Waals surface area contributed by atoms with Crippen molar-refractivity contribution in [2.45, 2.75) is 65.2 Å². The first-order chi connectivity index (χ1) is 11.9. The van der Waals surface area contributed by atoms with Crippen LogP contribution < -0.4 is 16.5 Å². The Morgan fingerprint density at radius 2 is 1.58 bits per heavy atom. The second-order valence-electron chi connectivity index (χ2n) is 8.15. The topological polar surface area (TPSA) is 90.7 Å². The van der Waals surface area contributed by atoms with Gasteiger partial charge < -0.3 is 20.4 Å². The second kappa shape index (κ2) is 7.41. The predicted molar refractivity (Wildman–Crippen MR) is 102 cm³/mol. The third-order valence-corrected chi connectivity index (χ3v) is 5.13. The molecule has 2 amide bonds. The Hall–Kier alpha value is -1.86. The minimum absolute atomic E-state index is 0.192. The molecule has 0 radical (unpaired) electrons. The summed E-state index contributed by atoms with van der Waals surface area (Å²) in [4.78, 5) is 23.5. The third-order valence-electron chi connectivity index (χ3n) is 5.13. The predicted octanol–water partition coefficient (Wildman–Crippen LogP) is 1.15. The summed E-state index contributed by atoms with van der Waals surface area (Å²) in [5.74, 6) is -0.945. The van der Waals surface area contributed by atoms with Crippen molar-refractivity contribution in [2.24, 2.45) is 11.7 Å². The average molecular weight is 360 g/mol. The highest BCUT2D eigenvalue weighted by atomic mass is 16.7. The highest BCUT2D eigenvalue weighted by Crippen LogP contribution is 2.36. The summed E-state index contributed by atoms with van der Waals surface area (Å²) in [6.07, 6.45) is 0.345. The molecule has 0 bridgehead atoms. The van der Waals surface area contributed by atoms with E-state index in [2.05, 4.69) is 5.32 Å². The van der Waals surface area contributed by atoms with Crippen molar-refractivity contribution in [3.05, 3.63) is 29.8 Å². The molecule has 0 spiro atoms. The molecule has 1 aromatic carbocycles. The number of rotatable bonds is 6. The molecule has 26 heavy (non-hydrogen) atoms. The quantitative estimate of drug-likeness (QED) is 0.745. The minimum Gasteiger partial charge on any atom is -0.399 e. The minimum atomic E-state index is -0.729. The molecule has 7 heteroatoms. The molecule has 1 aliphatic rings. The lowest BCUT2D eigenvalue weighted by Gasteiger charge is -2.32. The maximum absolute atomic E-state index is 11.8. The third kappa shape index (κ3) is 4.45. The van der Waals surface area contributed by atoms with Crippen LogP contribution in [0, 0.1) is 5.92 Å². The molecule has 0 saturated carbocycles. The second-order valence-corrected chi connectivity index (χ2v) is 8.15. The maximum atomic E-state index is 11.8. The van der Waals surface area contributed by atoms with Crippen molar-refractivity contribution in [3.8, 4) is 0 Å². The van der Waals surface area contributed by atoms with E-state index in [-0.39, 0.29) is 11.8 Å². The van der Waals surface area contributed by atoms with Gasteiger partial charge in [-0.25, -0.2) is 0 Å². The lowest BCUT2D eigenvalue weighted by atomic mass is 9.78. The Kier molecular flexibility index (Phi) is 5.83. The Morgan fingerprint density at radius 1 is 1.08 bits per heavy atom. The van der Waals surface area contributed by atoms with Crippen molar-refractivity contribution in [1.82, 2.24) is 5.32 Å². The summed E-state index contributed by atoms with van der Waals surface area (Å²) in [7, 11) is -0.429. The number of nitrogens with one attached hydrogen (secondary N) is 1. The van der Waals surface area contributed by atoms with Crippen molar-refractivity contribution in [2.75, 3.05) is 0 Å². The number of carbonyl (C=O) groups is 2. The van der Waals surface area contributed by atoms with E-state index in [1.165, 1.54) is 0 Å². The molecule has 2 rings (SSSR count). The van der Waals surface area contributed by atoms with Crippen LogP contribution in [0.5, 0.6) is 0 Å². The van der Waals surface area contributed by atoms with E-state index < -0.39 is 30.3 Å². The molecule has 3 N–H and O–H groups in total. The van der Waals surface area contributed by atoms with Crippen LogP contribution in [0.15, 0.2) is 24.3 Å². The smallest absolute Gasteiger partial charge is 0.399 e. The first-order valence-electron chi connectivity index (χ1n) is 8.97. The van der Waals surface area contributed by atoms with E-state index in [1.807, 2.05) is 52.0 Å². The standard InChI is InChI=1S/C19H29BN2O4/c1-12(2)17(24)22-15(16(21)23)11-13-7-9-14(10-8-13)20-25-18(3,4)19(5,6)26-20/h7-10,12,15H,11H2,1-6H3,(H2,21,23)(H,22,24)/t15-/m1/s1. The number of benzene rings is 1. The van der Waals surface area contributed by atoms with Gasteiger partial charge in [0.2, 0.25) is 11.8 Å². The molecule has 1 heterocycles. The number of hydrogen-bond acceptors (Lipinski definition) is 4. The first-order valence-corrected chi connectivity index (χ1v) is 8.97. The molecule has 1 atom stereocenters. The van der Waals surface area contributed by atoms with Gasteiger partial charge in [-0.05, 0) is 38.7 Å². The molecule has 1 saturated heterocycles. The highest BCUT2D eigenvalue weighted by Gasteiger charge is 2.51. The number of amides is 2. The molecule has 0 aliphatic carbocycles. The molecule has 0 unspecified atom stereocenters. The number of nitrogens with two attached hydrogens (primary N) is 1. The van der Waals surface area contributed by atoms with E-state index in [1.54, 1.807) is 13.8 Å². The summed E-state index contributed by atoms with van der Waals surface area (Å²) < 4.78 is 12.1. The lowest BCUT2D eigenvalue weighted by Crippen LogP contribution is -2.47. The summed E-state index contributed by atoms with van der Waals surface area (Å²) in [6.45, 7) is 11.6. The van der Waals surface area contributed by atoms with Crippen LogP contribution >= 0.6 is 0 Å². The summed E-state index contributed by atoms with van der Waals surface area (Å²) >= 11 is 0. The van der Waals surface area contributed by atoms with Crippen LogP contribution in [0.4, 0.5) is 0 Å². The van der Waals surface area contributed by atoms with Gasteiger partial charge in [0.05, 0.1) is 11.2 Å². The van der Waals surface area contributed by atoms with Crippen LogP contribution in [-0.2, 0) is 25.3 Å². The fraction of sp³-hybridized carbons (Fsp3) is 0.579. The van der Waals surface area contributed by atoms with E-state index in [4.69, 9.17) is 15.0 Å². The normalized spacial score (nSPS) is 19.4. The molecule has 1 fully saturated rings. The van der Waals surface area contributed by atoms with Crippen LogP contribution in [-0.4, -0.2) is 36.2 Å². The fourth-order valence-electron chi connectivity index (χ4n) is 2.59. The molecular formula is C19H29BN2O4. The van der Waals surface area contributed by atoms with Gasteiger partial charge in [0.1, 0.15) is 6.04 Å². The Bertz CT molecular complexity index is 655. The van der Waals surface area contributed by atoms with Gasteiger partial charge in [-0.1, -0.05) is 38.1 Å². The Balaban J connectivity index is 2.07.